The Morgan fingerprint density at radius 1 is 0.796 bits per heavy atom. The molecular weight excluding hydrogens is 672 g/mol. The lowest BCUT2D eigenvalue weighted by atomic mass is 9.97. The third-order valence-electron chi connectivity index (χ3n) is 7.76. The van der Waals surface area contributed by atoms with Gasteiger partial charge in [0.2, 0.25) is 11.7 Å². The third kappa shape index (κ3) is 9.13. The van der Waals surface area contributed by atoms with E-state index < -0.39 is 130 Å². The Bertz CT molecular complexity index is 1260. The van der Waals surface area contributed by atoms with Crippen LogP contribution in [-0.4, -0.2) is 198 Å². The van der Waals surface area contributed by atoms with Gasteiger partial charge in [-0.15, -0.1) is 5.10 Å². The molecule has 13 N–H and O–H groups in total. The summed E-state index contributed by atoms with van der Waals surface area (Å²) in [4.78, 5) is 39.1. The van der Waals surface area contributed by atoms with E-state index in [2.05, 4.69) is 20.7 Å². The summed E-state index contributed by atoms with van der Waals surface area (Å²) >= 11 is 0. The maximum Gasteiger partial charge on any atom is 0.407 e. The molecule has 14 atom stereocenters. The summed E-state index contributed by atoms with van der Waals surface area (Å²) in [6.07, 6.45) is -21.9. The molecule has 3 fully saturated rings. The van der Waals surface area contributed by atoms with Crippen LogP contribution in [0.4, 0.5) is 4.79 Å². The van der Waals surface area contributed by atoms with Crippen LogP contribution in [0.15, 0.2) is 6.33 Å². The van der Waals surface area contributed by atoms with Crippen LogP contribution < -0.4 is 16.4 Å². The Hall–Kier alpha value is -3.21. The van der Waals surface area contributed by atoms with Crippen molar-refractivity contribution in [2.75, 3.05) is 39.5 Å². The van der Waals surface area contributed by atoms with Gasteiger partial charge in [-0.2, -0.15) is 0 Å². The van der Waals surface area contributed by atoms with Crippen LogP contribution in [0.5, 0.6) is 0 Å². The van der Waals surface area contributed by atoms with Crippen LogP contribution in [0.3, 0.4) is 0 Å². The molecule has 1 aromatic heterocycles. The number of ether oxygens (including phenoxy) is 6. The smallest absolute Gasteiger partial charge is 0.407 e. The van der Waals surface area contributed by atoms with Crippen molar-refractivity contribution in [3.63, 3.8) is 0 Å². The highest BCUT2D eigenvalue weighted by Gasteiger charge is 2.51. The molecule has 0 aromatic carbocycles. The van der Waals surface area contributed by atoms with Crippen LogP contribution >= 0.6 is 0 Å². The Morgan fingerprint density at radius 2 is 1.43 bits per heavy atom. The minimum Gasteiger partial charge on any atom is -0.447 e. The number of carbonyl (C=O) groups excluding carboxylic acids is 3. The number of nitrogens with one attached hydrogen (secondary N) is 2. The molecule has 0 aliphatic carbocycles. The van der Waals surface area contributed by atoms with Gasteiger partial charge in [-0.3, -0.25) is 9.59 Å². The molecule has 0 saturated carbocycles. The summed E-state index contributed by atoms with van der Waals surface area (Å²) < 4.78 is 32.7. The number of aliphatic hydroxyl groups excluding tert-OH is 9. The van der Waals surface area contributed by atoms with E-state index in [-0.39, 0.29) is 18.9 Å². The van der Waals surface area contributed by atoms with E-state index in [1.807, 2.05) is 0 Å². The highest BCUT2D eigenvalue weighted by Crippen LogP contribution is 2.30. The molecule has 3 aliphatic heterocycles. The van der Waals surface area contributed by atoms with Crippen LogP contribution in [-0.2, 0) is 33.2 Å². The molecule has 3 amide bonds. The number of aliphatic hydroxyl groups is 9. The molecule has 1 aromatic rings. The Morgan fingerprint density at radius 3 is 2.08 bits per heavy atom. The van der Waals surface area contributed by atoms with Crippen molar-refractivity contribution in [2.24, 2.45) is 5.73 Å². The minimum absolute atomic E-state index is 0.125. The fraction of sp³-hybridized carbons (Fsp3) is 0.800. The second kappa shape index (κ2) is 17.1. The first-order valence-electron chi connectivity index (χ1n) is 14.9. The highest BCUT2D eigenvalue weighted by molar-refractivity contribution is 5.88. The zero-order valence-corrected chi connectivity index (χ0v) is 25.5. The molecule has 4 heterocycles. The number of rotatable bonds is 14. The van der Waals surface area contributed by atoms with Gasteiger partial charge in [-0.05, 0) is 0 Å². The SMILES string of the molecule is NC(=O)c1ncn([C@@H]2O[C@H](COC(=O)NCCNC(=O)COC3OC(CO)C(OC4OC(CO)C(O)C(O)C4O)C(O)C3O)[C@@H](O)[C@H]2O)n1. The van der Waals surface area contributed by atoms with Gasteiger partial charge in [-0.1, -0.05) is 0 Å². The zero-order chi connectivity index (χ0) is 36.0. The van der Waals surface area contributed by atoms with E-state index >= 15 is 0 Å². The topological polar surface area (TPSA) is 369 Å². The van der Waals surface area contributed by atoms with Crippen molar-refractivity contribution < 1.29 is 88.8 Å². The lowest BCUT2D eigenvalue weighted by Gasteiger charge is -2.45. The number of nitrogens with zero attached hydrogens (tertiary/aromatic N) is 3. The molecule has 278 valence electrons. The normalized spacial score (nSPS) is 37.8. The average Bonchev–Trinajstić information content (AvgIpc) is 3.68. The predicted molar refractivity (Wildman–Crippen MR) is 149 cm³/mol. The third-order valence-corrected chi connectivity index (χ3v) is 7.76. The number of hydrogen-bond donors (Lipinski definition) is 12. The molecule has 3 saturated heterocycles. The minimum atomic E-state index is -1.84. The summed E-state index contributed by atoms with van der Waals surface area (Å²) in [5, 5.41) is 99.3. The van der Waals surface area contributed by atoms with E-state index in [0.717, 1.165) is 11.0 Å². The van der Waals surface area contributed by atoms with E-state index in [9.17, 15) is 60.3 Å². The first-order valence-corrected chi connectivity index (χ1v) is 14.9. The summed E-state index contributed by atoms with van der Waals surface area (Å²) in [6, 6.07) is 0. The molecule has 10 unspecified atom stereocenters. The second-order valence-corrected chi connectivity index (χ2v) is 11.1. The van der Waals surface area contributed by atoms with Crippen LogP contribution in [0.1, 0.15) is 16.8 Å². The summed E-state index contributed by atoms with van der Waals surface area (Å²) in [6.45, 7) is -3.00. The van der Waals surface area contributed by atoms with Crippen molar-refractivity contribution in [1.29, 1.82) is 0 Å². The van der Waals surface area contributed by atoms with Gasteiger partial charge in [0, 0.05) is 13.1 Å². The van der Waals surface area contributed by atoms with Crippen molar-refractivity contribution in [3.8, 4) is 0 Å². The first-order chi connectivity index (χ1) is 23.3. The number of amides is 3. The quantitative estimate of drug-likeness (QED) is 0.0796. The Labute approximate surface area is 275 Å². The van der Waals surface area contributed by atoms with Crippen molar-refractivity contribution in [1.82, 2.24) is 25.4 Å². The average molecular weight is 713 g/mol. The molecule has 0 bridgehead atoms. The van der Waals surface area contributed by atoms with Crippen LogP contribution in [0, 0.1) is 0 Å². The fourth-order valence-corrected chi connectivity index (χ4v) is 5.07. The van der Waals surface area contributed by atoms with Crippen LogP contribution in [0.25, 0.3) is 0 Å². The number of nitrogens with two attached hydrogens (primary N) is 1. The molecule has 3 aliphatic rings. The molecular formula is C25H40N6O18. The number of aromatic nitrogens is 3. The Balaban J connectivity index is 1.14. The van der Waals surface area contributed by atoms with Gasteiger partial charge in [0.25, 0.3) is 5.91 Å². The Kier molecular flexibility index (Phi) is 13.5. The largest absolute Gasteiger partial charge is 0.447 e. The number of carbonyl (C=O) groups is 3. The van der Waals surface area contributed by atoms with E-state index in [0.29, 0.717) is 0 Å². The lowest BCUT2D eigenvalue weighted by Crippen LogP contribution is -2.64. The van der Waals surface area contributed by atoms with Gasteiger partial charge in [-0.25, -0.2) is 14.5 Å². The van der Waals surface area contributed by atoms with Gasteiger partial charge in [0.15, 0.2) is 18.8 Å². The van der Waals surface area contributed by atoms with Gasteiger partial charge < -0.3 is 90.7 Å². The lowest BCUT2D eigenvalue weighted by molar-refractivity contribution is -0.358. The molecule has 4 rings (SSSR count). The molecule has 0 radical (unpaired) electrons. The van der Waals surface area contributed by atoms with Crippen LogP contribution in [0.2, 0.25) is 0 Å². The summed E-state index contributed by atoms with van der Waals surface area (Å²) in [7, 11) is 0. The molecule has 49 heavy (non-hydrogen) atoms. The number of alkyl carbamates (subject to hydrolysis) is 1. The van der Waals surface area contributed by atoms with Gasteiger partial charge >= 0.3 is 6.09 Å². The van der Waals surface area contributed by atoms with Crippen molar-refractivity contribution in [2.45, 2.75) is 86.0 Å². The molecule has 24 nitrogen and oxygen atoms in total. The summed E-state index contributed by atoms with van der Waals surface area (Å²) in [5.41, 5.74) is 5.09. The van der Waals surface area contributed by atoms with Gasteiger partial charge in [0.05, 0.1) is 13.2 Å². The van der Waals surface area contributed by atoms with Crippen molar-refractivity contribution >= 4 is 17.9 Å². The van der Waals surface area contributed by atoms with Crippen molar-refractivity contribution in [3.05, 3.63) is 12.2 Å². The van der Waals surface area contributed by atoms with Gasteiger partial charge in [0.1, 0.15) is 86.7 Å². The highest BCUT2D eigenvalue weighted by atomic mass is 16.7. The second-order valence-electron chi connectivity index (χ2n) is 11.1. The maximum absolute atomic E-state index is 12.2. The first kappa shape index (κ1) is 38.6. The summed E-state index contributed by atoms with van der Waals surface area (Å²) in [5.74, 6) is -2.00. The van der Waals surface area contributed by atoms with E-state index in [4.69, 9.17) is 34.2 Å². The monoisotopic (exact) mass is 712 g/mol. The molecule has 24 heteroatoms. The zero-order valence-electron chi connectivity index (χ0n) is 25.5. The predicted octanol–water partition coefficient (Wildman–Crippen LogP) is -8.52. The fourth-order valence-electron chi connectivity index (χ4n) is 5.07. The van der Waals surface area contributed by atoms with E-state index in [1.54, 1.807) is 0 Å². The number of primary amides is 1. The maximum atomic E-state index is 12.2. The standard InChI is InChI=1S/C25H40N6O18/c26-20(42)21-29-7-31(30-21)22-16(39)13(36)10(46-22)5-45-25(43)28-2-1-27-11(34)6-44-23-18(41)15(38)19(9(4-33)48-23)49-24-17(40)14(37)12(35)8(3-32)47-24/h7-10,12-19,22-24,32-33,35-41H,1-6H2,(H2,26,42)(H,27,34)(H,28,43)/t8?,9?,10-,12?,13-,14?,15?,16-,17?,18?,19?,22-,23?,24?/m1/s1. The number of hydrogen-bond acceptors (Lipinski definition) is 20. The molecule has 0 spiro atoms. The van der Waals surface area contributed by atoms with E-state index in [1.165, 1.54) is 0 Å².